The van der Waals surface area contributed by atoms with Gasteiger partial charge in [-0.3, -0.25) is 19.3 Å². The summed E-state index contributed by atoms with van der Waals surface area (Å²) in [6, 6.07) is 11.8. The first-order valence-corrected chi connectivity index (χ1v) is 13.0. The third-order valence-electron chi connectivity index (χ3n) is 9.44. The SMILES string of the molecule is COc1ccc(CN2CC(=O)N3CC4(C)C(=O)C5(C)CN(CC45C3)C(=O)C2)cc1COc1ccccc1F. The van der Waals surface area contributed by atoms with E-state index in [1.54, 1.807) is 25.3 Å². The van der Waals surface area contributed by atoms with Gasteiger partial charge in [-0.25, -0.2) is 4.39 Å². The Morgan fingerprint density at radius 2 is 1.50 bits per heavy atom. The number of methoxy groups -OCH3 is 1. The van der Waals surface area contributed by atoms with Crippen molar-refractivity contribution in [2.24, 2.45) is 16.2 Å². The average Bonchev–Trinajstić information content (AvgIpc) is 3.34. The Balaban J connectivity index is 1.23. The molecule has 4 fully saturated rings. The number of ketones is 1. The Morgan fingerprint density at radius 3 is 2.11 bits per heavy atom. The minimum atomic E-state index is -0.593. The van der Waals surface area contributed by atoms with Crippen molar-refractivity contribution in [3.63, 3.8) is 0 Å². The van der Waals surface area contributed by atoms with E-state index in [1.165, 1.54) is 6.07 Å². The van der Waals surface area contributed by atoms with Gasteiger partial charge in [0.1, 0.15) is 18.1 Å². The molecule has 6 rings (SSSR count). The van der Waals surface area contributed by atoms with Crippen molar-refractivity contribution in [3.05, 3.63) is 59.4 Å². The van der Waals surface area contributed by atoms with Crippen LogP contribution < -0.4 is 9.47 Å². The van der Waals surface area contributed by atoms with Gasteiger partial charge in [-0.2, -0.15) is 0 Å². The zero-order valence-electron chi connectivity index (χ0n) is 22.0. The Bertz CT molecular complexity index is 1300. The van der Waals surface area contributed by atoms with Crippen LogP contribution >= 0.6 is 0 Å². The normalized spacial score (nSPS) is 30.5. The molecule has 0 aromatic heterocycles. The van der Waals surface area contributed by atoms with Crippen LogP contribution in [-0.4, -0.2) is 78.7 Å². The fraction of sp³-hybridized carbons (Fsp3) is 0.483. The van der Waals surface area contributed by atoms with Gasteiger partial charge in [0.15, 0.2) is 11.6 Å². The standard InChI is InChI=1S/C29H32FN3O5/c1-27-15-32-17-29(27)18-33(16-28(29,2)26(27)36)25(35)13-31(12-24(32)34)11-19-8-9-22(37-3)20(10-19)14-38-23-7-5-4-6-21(23)30/h4-10H,11-18H2,1-3H3. The lowest BCUT2D eigenvalue weighted by atomic mass is 9.39. The molecule has 8 nitrogen and oxygen atoms in total. The van der Waals surface area contributed by atoms with Gasteiger partial charge in [0.05, 0.1) is 31.0 Å². The minimum absolute atomic E-state index is 0.0603. The number of benzene rings is 2. The Morgan fingerprint density at radius 1 is 0.868 bits per heavy atom. The van der Waals surface area contributed by atoms with Crippen LogP contribution in [0, 0.1) is 22.1 Å². The summed E-state index contributed by atoms with van der Waals surface area (Å²) in [5.74, 6) is 0.371. The fourth-order valence-corrected chi connectivity index (χ4v) is 7.43. The molecule has 0 radical (unpaired) electrons. The van der Waals surface area contributed by atoms with E-state index >= 15 is 0 Å². The molecule has 3 bridgehead atoms. The summed E-state index contributed by atoms with van der Waals surface area (Å²) in [5.41, 5.74) is 0.0726. The van der Waals surface area contributed by atoms with E-state index in [0.717, 1.165) is 11.1 Å². The van der Waals surface area contributed by atoms with Gasteiger partial charge in [-0.05, 0) is 29.8 Å². The van der Waals surface area contributed by atoms with Crippen molar-refractivity contribution < 1.29 is 28.2 Å². The maximum Gasteiger partial charge on any atom is 0.236 e. The molecule has 1 saturated carbocycles. The van der Waals surface area contributed by atoms with Gasteiger partial charge in [0.2, 0.25) is 11.8 Å². The van der Waals surface area contributed by atoms with E-state index < -0.39 is 16.6 Å². The van der Waals surface area contributed by atoms with Gasteiger partial charge >= 0.3 is 0 Å². The number of halogens is 1. The Labute approximate surface area is 221 Å². The molecule has 0 N–H and O–H groups in total. The van der Waals surface area contributed by atoms with Crippen LogP contribution in [0.3, 0.4) is 0 Å². The second-order valence-corrected chi connectivity index (χ2v) is 11.6. The third kappa shape index (κ3) is 3.40. The minimum Gasteiger partial charge on any atom is -0.496 e. The predicted octanol–water partition coefficient (Wildman–Crippen LogP) is 2.50. The first-order valence-electron chi connectivity index (χ1n) is 13.0. The average molecular weight is 522 g/mol. The highest BCUT2D eigenvalue weighted by Gasteiger charge is 2.82. The van der Waals surface area contributed by atoms with Gasteiger partial charge < -0.3 is 19.3 Å². The van der Waals surface area contributed by atoms with Crippen molar-refractivity contribution in [1.29, 1.82) is 0 Å². The smallest absolute Gasteiger partial charge is 0.236 e. The van der Waals surface area contributed by atoms with Crippen LogP contribution in [-0.2, 0) is 27.5 Å². The molecule has 4 aliphatic rings. The first kappa shape index (κ1) is 24.9. The molecule has 1 spiro atoms. The molecular weight excluding hydrogens is 489 g/mol. The molecule has 2 aromatic carbocycles. The van der Waals surface area contributed by atoms with Gasteiger partial charge in [0.25, 0.3) is 0 Å². The van der Waals surface area contributed by atoms with Crippen LogP contribution in [0.5, 0.6) is 11.5 Å². The number of carbonyl (C=O) groups is 3. The van der Waals surface area contributed by atoms with Crippen molar-refractivity contribution >= 4 is 17.6 Å². The Kier molecular flexibility index (Phi) is 5.58. The van der Waals surface area contributed by atoms with Crippen molar-refractivity contribution in [2.75, 3.05) is 46.4 Å². The molecule has 3 heterocycles. The van der Waals surface area contributed by atoms with Crippen molar-refractivity contribution in [1.82, 2.24) is 14.7 Å². The molecule has 38 heavy (non-hydrogen) atoms. The monoisotopic (exact) mass is 521 g/mol. The Hall–Kier alpha value is -3.46. The zero-order chi connectivity index (χ0) is 26.9. The number of nitrogens with zero attached hydrogens (tertiary/aromatic N) is 3. The van der Waals surface area contributed by atoms with Gasteiger partial charge in [-0.15, -0.1) is 0 Å². The van der Waals surface area contributed by atoms with E-state index in [0.29, 0.717) is 38.5 Å². The number of amides is 2. The zero-order valence-corrected chi connectivity index (χ0v) is 22.0. The molecule has 3 saturated heterocycles. The summed E-state index contributed by atoms with van der Waals surface area (Å²) < 4.78 is 25.2. The summed E-state index contributed by atoms with van der Waals surface area (Å²) >= 11 is 0. The van der Waals surface area contributed by atoms with E-state index in [4.69, 9.17) is 9.47 Å². The molecule has 2 atom stereocenters. The molecule has 2 aromatic rings. The molecular formula is C29H32FN3O5. The summed E-state index contributed by atoms with van der Waals surface area (Å²) in [6.45, 7) is 6.44. The van der Waals surface area contributed by atoms with Gasteiger partial charge in [-0.1, -0.05) is 32.0 Å². The van der Waals surface area contributed by atoms with E-state index in [9.17, 15) is 18.8 Å². The molecule has 3 aliphatic heterocycles. The summed E-state index contributed by atoms with van der Waals surface area (Å²) in [4.78, 5) is 45.6. The highest BCUT2D eigenvalue weighted by atomic mass is 19.1. The van der Waals surface area contributed by atoms with Crippen molar-refractivity contribution in [2.45, 2.75) is 27.0 Å². The number of carbonyl (C=O) groups excluding carboxylic acids is 3. The largest absolute Gasteiger partial charge is 0.496 e. The lowest BCUT2D eigenvalue weighted by molar-refractivity contribution is -0.175. The molecule has 200 valence electrons. The quantitative estimate of drug-likeness (QED) is 0.581. The topological polar surface area (TPSA) is 79.4 Å². The second kappa shape index (κ2) is 8.53. The van der Waals surface area contributed by atoms with Crippen LogP contribution in [0.2, 0.25) is 0 Å². The highest BCUT2D eigenvalue weighted by molar-refractivity contribution is 6.02. The number of fused-ring (bicyclic) bond motifs is 2. The summed E-state index contributed by atoms with van der Waals surface area (Å²) in [6.07, 6.45) is 0. The number of hydrogen-bond acceptors (Lipinski definition) is 6. The summed E-state index contributed by atoms with van der Waals surface area (Å²) in [7, 11) is 1.56. The van der Waals surface area contributed by atoms with Gasteiger partial charge in [0, 0.05) is 43.7 Å². The number of Topliss-reactive ketones (excluding diaryl/α,β-unsaturated/α-hetero) is 1. The molecule has 2 amide bonds. The number of rotatable bonds is 6. The molecule has 2 unspecified atom stereocenters. The lowest BCUT2D eigenvalue weighted by Gasteiger charge is -2.59. The maximum atomic E-state index is 14.0. The highest BCUT2D eigenvalue weighted by Crippen LogP contribution is 2.71. The van der Waals surface area contributed by atoms with Crippen LogP contribution in [0.1, 0.15) is 25.0 Å². The van der Waals surface area contributed by atoms with E-state index in [1.807, 2.05) is 46.7 Å². The van der Waals surface area contributed by atoms with Crippen LogP contribution in [0.15, 0.2) is 42.5 Å². The van der Waals surface area contributed by atoms with E-state index in [2.05, 4.69) is 0 Å². The second-order valence-electron chi connectivity index (χ2n) is 11.6. The van der Waals surface area contributed by atoms with Crippen LogP contribution in [0.4, 0.5) is 4.39 Å². The number of ether oxygens (including phenoxy) is 2. The molecule has 9 heteroatoms. The lowest BCUT2D eigenvalue weighted by Crippen LogP contribution is -2.70. The molecule has 1 aliphatic carbocycles. The number of para-hydroxylation sites is 1. The maximum absolute atomic E-state index is 14.0. The van der Waals surface area contributed by atoms with E-state index in [-0.39, 0.29) is 48.5 Å². The predicted molar refractivity (Wildman–Crippen MR) is 136 cm³/mol. The third-order valence-corrected chi connectivity index (χ3v) is 9.44. The fourth-order valence-electron chi connectivity index (χ4n) is 7.43. The summed E-state index contributed by atoms with van der Waals surface area (Å²) in [5, 5.41) is 0. The number of hydrogen-bond donors (Lipinski definition) is 0. The first-order chi connectivity index (χ1) is 18.1. The van der Waals surface area contributed by atoms with Crippen molar-refractivity contribution in [3.8, 4) is 11.5 Å². The van der Waals surface area contributed by atoms with Crippen LogP contribution in [0.25, 0.3) is 0 Å².